The molecular formula is C14H15BrN2O3. The number of carbonyl (C=O) groups is 1. The van der Waals surface area contributed by atoms with Gasteiger partial charge in [-0.15, -0.1) is 5.10 Å². The predicted octanol–water partition coefficient (Wildman–Crippen LogP) is 2.53. The number of hydrogen-bond donors (Lipinski definition) is 0. The van der Waals surface area contributed by atoms with Gasteiger partial charge in [0.1, 0.15) is 5.75 Å². The van der Waals surface area contributed by atoms with Gasteiger partial charge in [0.05, 0.1) is 31.7 Å². The van der Waals surface area contributed by atoms with Gasteiger partial charge >= 0.3 is 0 Å². The Labute approximate surface area is 125 Å². The number of halogens is 1. The van der Waals surface area contributed by atoms with Gasteiger partial charge in [0.25, 0.3) is 0 Å². The Morgan fingerprint density at radius 2 is 1.95 bits per heavy atom. The van der Waals surface area contributed by atoms with E-state index in [1.165, 1.54) is 7.11 Å². The first-order valence-corrected chi connectivity index (χ1v) is 7.13. The lowest BCUT2D eigenvalue weighted by Gasteiger charge is -2.03. The molecule has 0 aliphatic rings. The van der Waals surface area contributed by atoms with Crippen LogP contribution in [0.15, 0.2) is 30.5 Å². The highest BCUT2D eigenvalue weighted by Crippen LogP contribution is 2.18. The lowest BCUT2D eigenvalue weighted by Crippen LogP contribution is -2.01. The predicted molar refractivity (Wildman–Crippen MR) is 79.0 cm³/mol. The molecule has 0 saturated heterocycles. The average molecular weight is 339 g/mol. The summed E-state index contributed by atoms with van der Waals surface area (Å²) in [7, 11) is 3.14. The molecule has 0 aliphatic heterocycles. The Morgan fingerprint density at radius 1 is 1.25 bits per heavy atom. The first kappa shape index (κ1) is 14.6. The molecule has 0 bridgehead atoms. The van der Waals surface area contributed by atoms with Crippen LogP contribution in [-0.4, -0.2) is 35.1 Å². The largest absolute Gasteiger partial charge is 0.497 e. The van der Waals surface area contributed by atoms with Crippen LogP contribution in [0.1, 0.15) is 15.9 Å². The molecule has 2 rings (SSSR count). The summed E-state index contributed by atoms with van der Waals surface area (Å²) in [5, 5.41) is 4.50. The SMILES string of the molecule is COc1ccc(Cn2cc(C(=O)CBr)c(OC)n2)cc1. The minimum atomic E-state index is -0.0529. The second-order valence-electron chi connectivity index (χ2n) is 4.15. The zero-order chi connectivity index (χ0) is 14.5. The number of benzene rings is 1. The number of hydrogen-bond acceptors (Lipinski definition) is 4. The number of aromatic nitrogens is 2. The summed E-state index contributed by atoms with van der Waals surface area (Å²) in [6, 6.07) is 7.69. The standard InChI is InChI=1S/C14H15BrN2O3/c1-19-11-5-3-10(4-6-11)8-17-9-12(13(18)7-15)14(16-17)20-2/h3-6,9H,7-8H2,1-2H3. The van der Waals surface area contributed by atoms with Gasteiger partial charge in [0.15, 0.2) is 5.78 Å². The van der Waals surface area contributed by atoms with Crippen LogP contribution < -0.4 is 9.47 Å². The quantitative estimate of drug-likeness (QED) is 0.600. The maximum atomic E-state index is 11.7. The third-order valence-electron chi connectivity index (χ3n) is 2.85. The van der Waals surface area contributed by atoms with E-state index >= 15 is 0 Å². The third kappa shape index (κ3) is 3.19. The number of carbonyl (C=O) groups excluding carboxylic acids is 1. The fourth-order valence-electron chi connectivity index (χ4n) is 1.82. The summed E-state index contributed by atoms with van der Waals surface area (Å²) in [6.07, 6.45) is 1.70. The molecule has 6 heteroatoms. The number of nitrogens with zero attached hydrogens (tertiary/aromatic N) is 2. The molecule has 20 heavy (non-hydrogen) atoms. The highest BCUT2D eigenvalue weighted by Gasteiger charge is 2.16. The van der Waals surface area contributed by atoms with E-state index in [2.05, 4.69) is 21.0 Å². The molecule has 0 radical (unpaired) electrons. The summed E-state index contributed by atoms with van der Waals surface area (Å²) in [4.78, 5) is 11.7. The van der Waals surface area contributed by atoms with Crippen molar-refractivity contribution >= 4 is 21.7 Å². The second kappa shape index (κ2) is 6.56. The Balaban J connectivity index is 2.20. The number of Topliss-reactive ketones (excluding diaryl/α,β-unsaturated/α-hetero) is 1. The topological polar surface area (TPSA) is 53.4 Å². The van der Waals surface area contributed by atoms with Crippen molar-refractivity contribution in [2.75, 3.05) is 19.5 Å². The summed E-state index contributed by atoms with van der Waals surface area (Å²) in [5.74, 6) is 1.10. The van der Waals surface area contributed by atoms with Gasteiger partial charge < -0.3 is 9.47 Å². The number of ketones is 1. The molecule has 106 valence electrons. The fourth-order valence-corrected chi connectivity index (χ4v) is 2.12. The van der Waals surface area contributed by atoms with Crippen molar-refractivity contribution in [2.45, 2.75) is 6.54 Å². The summed E-state index contributed by atoms with van der Waals surface area (Å²) in [5.41, 5.74) is 1.55. The van der Waals surface area contributed by atoms with Crippen LogP contribution in [0, 0.1) is 0 Å². The molecule has 1 aromatic carbocycles. The molecule has 0 saturated carbocycles. The van der Waals surface area contributed by atoms with Crippen LogP contribution in [0.2, 0.25) is 0 Å². The van der Waals surface area contributed by atoms with Gasteiger partial charge in [0.2, 0.25) is 5.88 Å². The lowest BCUT2D eigenvalue weighted by atomic mass is 10.2. The van der Waals surface area contributed by atoms with E-state index in [4.69, 9.17) is 9.47 Å². The average Bonchev–Trinajstić information content (AvgIpc) is 2.90. The van der Waals surface area contributed by atoms with E-state index in [-0.39, 0.29) is 11.1 Å². The van der Waals surface area contributed by atoms with Gasteiger partial charge in [0, 0.05) is 6.20 Å². The van der Waals surface area contributed by atoms with Crippen LogP contribution >= 0.6 is 15.9 Å². The van der Waals surface area contributed by atoms with Crippen molar-refractivity contribution in [2.24, 2.45) is 0 Å². The minimum Gasteiger partial charge on any atom is -0.497 e. The third-order valence-corrected chi connectivity index (χ3v) is 3.36. The molecule has 0 aliphatic carbocycles. The maximum absolute atomic E-state index is 11.7. The van der Waals surface area contributed by atoms with Crippen molar-refractivity contribution in [3.05, 3.63) is 41.6 Å². The molecule has 0 fully saturated rings. The Bertz CT molecular complexity index is 593. The van der Waals surface area contributed by atoms with Crippen molar-refractivity contribution in [3.8, 4) is 11.6 Å². The summed E-state index contributed by atoms with van der Waals surface area (Å²) >= 11 is 3.15. The second-order valence-corrected chi connectivity index (χ2v) is 4.72. The van der Waals surface area contributed by atoms with Crippen LogP contribution in [0.5, 0.6) is 11.6 Å². The zero-order valence-corrected chi connectivity index (χ0v) is 12.9. The maximum Gasteiger partial charge on any atom is 0.243 e. The Kier molecular flexibility index (Phi) is 4.79. The van der Waals surface area contributed by atoms with Gasteiger partial charge in [-0.2, -0.15) is 0 Å². The van der Waals surface area contributed by atoms with Crippen molar-refractivity contribution in [1.82, 2.24) is 9.78 Å². The first-order valence-electron chi connectivity index (χ1n) is 6.01. The highest BCUT2D eigenvalue weighted by atomic mass is 79.9. The molecule has 1 aromatic heterocycles. The first-order chi connectivity index (χ1) is 9.67. The number of alkyl halides is 1. The Morgan fingerprint density at radius 3 is 2.50 bits per heavy atom. The van der Waals surface area contributed by atoms with Crippen LogP contribution in [0.4, 0.5) is 0 Å². The van der Waals surface area contributed by atoms with E-state index in [1.807, 2.05) is 24.3 Å². The highest BCUT2D eigenvalue weighted by molar-refractivity contribution is 9.09. The monoisotopic (exact) mass is 338 g/mol. The van der Waals surface area contributed by atoms with Gasteiger partial charge in [-0.1, -0.05) is 28.1 Å². The van der Waals surface area contributed by atoms with Crippen molar-refractivity contribution < 1.29 is 14.3 Å². The molecule has 5 nitrogen and oxygen atoms in total. The number of rotatable bonds is 6. The van der Waals surface area contributed by atoms with Crippen LogP contribution in [0.25, 0.3) is 0 Å². The molecule has 0 spiro atoms. The van der Waals surface area contributed by atoms with E-state index < -0.39 is 0 Å². The van der Waals surface area contributed by atoms with E-state index in [0.29, 0.717) is 18.0 Å². The van der Waals surface area contributed by atoms with Crippen molar-refractivity contribution in [3.63, 3.8) is 0 Å². The molecular weight excluding hydrogens is 324 g/mol. The zero-order valence-electron chi connectivity index (χ0n) is 11.3. The molecule has 0 N–H and O–H groups in total. The van der Waals surface area contributed by atoms with Gasteiger partial charge in [-0.05, 0) is 17.7 Å². The van der Waals surface area contributed by atoms with E-state index in [1.54, 1.807) is 18.0 Å². The van der Waals surface area contributed by atoms with Crippen LogP contribution in [0.3, 0.4) is 0 Å². The smallest absolute Gasteiger partial charge is 0.243 e. The fraction of sp³-hybridized carbons (Fsp3) is 0.286. The molecule has 0 unspecified atom stereocenters. The Hall–Kier alpha value is -1.82. The molecule has 0 atom stereocenters. The van der Waals surface area contributed by atoms with E-state index in [9.17, 15) is 4.79 Å². The van der Waals surface area contributed by atoms with E-state index in [0.717, 1.165) is 11.3 Å². The normalized spacial score (nSPS) is 10.3. The number of ether oxygens (including phenoxy) is 2. The number of methoxy groups -OCH3 is 2. The minimum absolute atomic E-state index is 0.0529. The summed E-state index contributed by atoms with van der Waals surface area (Å²) in [6.45, 7) is 0.565. The van der Waals surface area contributed by atoms with Gasteiger partial charge in [-0.3, -0.25) is 9.48 Å². The van der Waals surface area contributed by atoms with Gasteiger partial charge in [-0.25, -0.2) is 0 Å². The summed E-state index contributed by atoms with van der Waals surface area (Å²) < 4.78 is 11.9. The molecule has 0 amide bonds. The lowest BCUT2D eigenvalue weighted by molar-refractivity contribution is 0.102. The van der Waals surface area contributed by atoms with Crippen molar-refractivity contribution in [1.29, 1.82) is 0 Å². The molecule has 2 aromatic rings. The molecule has 1 heterocycles. The van der Waals surface area contributed by atoms with Crippen LogP contribution in [-0.2, 0) is 6.54 Å².